The topological polar surface area (TPSA) is 85.3 Å². The fourth-order valence-corrected chi connectivity index (χ4v) is 3.35. The molecule has 0 bridgehead atoms. The Morgan fingerprint density at radius 2 is 2.14 bits per heavy atom. The normalized spacial score (nSPS) is 11.5. The van der Waals surface area contributed by atoms with Crippen molar-refractivity contribution in [2.45, 2.75) is 11.3 Å². The summed E-state index contributed by atoms with van der Waals surface area (Å²) >= 11 is 10.8. The molecule has 21 heavy (non-hydrogen) atoms. The second-order valence-electron chi connectivity index (χ2n) is 4.23. The molecule has 2 aromatic rings. The fraction of sp³-hybridized carbons (Fsp3) is 0.154. The van der Waals surface area contributed by atoms with Gasteiger partial charge in [-0.1, -0.05) is 23.8 Å². The molecule has 2 rings (SSSR count). The monoisotopic (exact) mass is 344 g/mol. The predicted octanol–water partition coefficient (Wildman–Crippen LogP) is 2.09. The molecule has 0 radical (unpaired) electrons. The highest BCUT2D eigenvalue weighted by Crippen LogP contribution is 2.20. The lowest BCUT2D eigenvalue weighted by atomic mass is 10.2. The molecule has 3 N–H and O–H groups in total. The number of furan rings is 1. The molecule has 0 aliphatic rings. The van der Waals surface area contributed by atoms with Gasteiger partial charge in [-0.2, -0.15) is 0 Å². The molecule has 112 valence electrons. The first-order valence-electron chi connectivity index (χ1n) is 6.01. The van der Waals surface area contributed by atoms with Gasteiger partial charge < -0.3 is 10.2 Å². The van der Waals surface area contributed by atoms with E-state index in [0.29, 0.717) is 17.7 Å². The summed E-state index contributed by atoms with van der Waals surface area (Å²) in [5.74, 6) is 0.708. The van der Waals surface area contributed by atoms with Crippen LogP contribution in [0.15, 0.2) is 45.9 Å². The molecule has 0 aliphatic carbocycles. The molecule has 1 aromatic heterocycles. The van der Waals surface area contributed by atoms with E-state index in [2.05, 4.69) is 4.72 Å². The van der Waals surface area contributed by atoms with Crippen molar-refractivity contribution < 1.29 is 12.8 Å². The van der Waals surface area contributed by atoms with Crippen molar-refractivity contribution in [2.75, 3.05) is 6.54 Å². The molecule has 0 amide bonds. The first-order valence-corrected chi connectivity index (χ1v) is 8.28. The van der Waals surface area contributed by atoms with Gasteiger partial charge in [-0.05, 0) is 30.3 Å². The number of hydrogen-bond acceptors (Lipinski definition) is 4. The van der Waals surface area contributed by atoms with Crippen LogP contribution < -0.4 is 10.5 Å². The van der Waals surface area contributed by atoms with Gasteiger partial charge in [0.15, 0.2) is 0 Å². The number of halogens is 1. The van der Waals surface area contributed by atoms with Crippen LogP contribution in [0.4, 0.5) is 0 Å². The van der Waals surface area contributed by atoms with E-state index in [1.165, 1.54) is 24.5 Å². The van der Waals surface area contributed by atoms with Gasteiger partial charge in [0, 0.05) is 18.5 Å². The zero-order valence-corrected chi connectivity index (χ0v) is 13.3. The van der Waals surface area contributed by atoms with Crippen molar-refractivity contribution in [1.29, 1.82) is 0 Å². The molecule has 1 aromatic carbocycles. The van der Waals surface area contributed by atoms with Crippen LogP contribution in [-0.2, 0) is 16.4 Å². The maximum atomic E-state index is 12.1. The van der Waals surface area contributed by atoms with Crippen LogP contribution in [0, 0.1) is 0 Å². The summed E-state index contributed by atoms with van der Waals surface area (Å²) in [7, 11) is -3.64. The number of benzene rings is 1. The second-order valence-corrected chi connectivity index (χ2v) is 6.85. The lowest BCUT2D eigenvalue weighted by Gasteiger charge is -2.08. The zero-order chi connectivity index (χ0) is 15.5. The van der Waals surface area contributed by atoms with Crippen LogP contribution in [0.2, 0.25) is 5.02 Å². The summed E-state index contributed by atoms with van der Waals surface area (Å²) in [5.41, 5.74) is 5.93. The average molecular weight is 345 g/mol. The minimum atomic E-state index is -3.64. The third-order valence-corrected chi connectivity index (χ3v) is 4.75. The van der Waals surface area contributed by atoms with Crippen molar-refractivity contribution in [1.82, 2.24) is 4.72 Å². The molecule has 8 heteroatoms. The number of rotatable bonds is 6. The summed E-state index contributed by atoms with van der Waals surface area (Å²) < 4.78 is 31.9. The summed E-state index contributed by atoms with van der Waals surface area (Å²) in [5, 5.41) is 0.205. The fourth-order valence-electron chi connectivity index (χ4n) is 1.71. The van der Waals surface area contributed by atoms with E-state index < -0.39 is 10.0 Å². The molecule has 0 aliphatic heterocycles. The Labute approximate surface area is 133 Å². The van der Waals surface area contributed by atoms with Crippen molar-refractivity contribution >= 4 is 38.8 Å². The van der Waals surface area contributed by atoms with Gasteiger partial charge in [0.1, 0.15) is 10.7 Å². The van der Waals surface area contributed by atoms with Crippen molar-refractivity contribution in [3.8, 4) is 0 Å². The van der Waals surface area contributed by atoms with Gasteiger partial charge in [0.05, 0.1) is 16.2 Å². The molecule has 1 heterocycles. The summed E-state index contributed by atoms with van der Waals surface area (Å²) in [6, 6.07) is 7.76. The van der Waals surface area contributed by atoms with Crippen molar-refractivity contribution in [3.05, 3.63) is 52.9 Å². The average Bonchev–Trinajstić information content (AvgIpc) is 2.91. The van der Waals surface area contributed by atoms with Crippen LogP contribution >= 0.6 is 23.8 Å². The highest BCUT2D eigenvalue weighted by atomic mass is 35.5. The van der Waals surface area contributed by atoms with Gasteiger partial charge in [-0.15, -0.1) is 0 Å². The number of sulfonamides is 1. The molecular weight excluding hydrogens is 332 g/mol. The minimum Gasteiger partial charge on any atom is -0.469 e. The molecule has 0 fully saturated rings. The molecule has 5 nitrogen and oxygen atoms in total. The van der Waals surface area contributed by atoms with Gasteiger partial charge in [-0.3, -0.25) is 0 Å². The summed E-state index contributed by atoms with van der Waals surface area (Å²) in [6.07, 6.45) is 2.00. The van der Waals surface area contributed by atoms with Crippen LogP contribution in [0.1, 0.15) is 11.3 Å². The highest BCUT2D eigenvalue weighted by Gasteiger charge is 2.16. The van der Waals surface area contributed by atoms with E-state index in [0.717, 1.165) is 0 Å². The van der Waals surface area contributed by atoms with E-state index in [1.807, 2.05) is 0 Å². The molecular formula is C13H13ClN2O3S2. The first kappa shape index (κ1) is 16.0. The Morgan fingerprint density at radius 1 is 1.38 bits per heavy atom. The maximum Gasteiger partial charge on any atom is 0.240 e. The molecule has 0 atom stereocenters. The Bertz CT molecular complexity index is 743. The maximum absolute atomic E-state index is 12.1. The van der Waals surface area contributed by atoms with E-state index in [9.17, 15) is 8.42 Å². The first-order chi connectivity index (χ1) is 9.90. The highest BCUT2D eigenvalue weighted by molar-refractivity contribution is 7.89. The van der Waals surface area contributed by atoms with E-state index in [1.54, 1.807) is 12.1 Å². The Hall–Kier alpha value is -1.41. The number of hydrogen-bond donors (Lipinski definition) is 2. The molecule has 0 saturated carbocycles. The van der Waals surface area contributed by atoms with Gasteiger partial charge >= 0.3 is 0 Å². The second kappa shape index (κ2) is 6.57. The number of nitrogens with one attached hydrogen (secondary N) is 1. The lowest BCUT2D eigenvalue weighted by Crippen LogP contribution is -2.26. The van der Waals surface area contributed by atoms with E-state index in [4.69, 9.17) is 34.0 Å². The Morgan fingerprint density at radius 3 is 2.71 bits per heavy atom. The van der Waals surface area contributed by atoms with Gasteiger partial charge in [-0.25, -0.2) is 13.1 Å². The molecule has 0 saturated heterocycles. The standard InChI is InChI=1S/C13H13ClN2O3S2/c14-12-8-10(3-4-11(12)13(15)20)21(17,18)16-6-5-9-2-1-7-19-9/h1-4,7-8,16H,5-6H2,(H2,15,20). The molecule has 0 unspecified atom stereocenters. The van der Waals surface area contributed by atoms with Gasteiger partial charge in [0.25, 0.3) is 0 Å². The SMILES string of the molecule is NC(=S)c1ccc(S(=O)(=O)NCCc2ccco2)cc1Cl. The number of nitrogens with two attached hydrogens (primary N) is 1. The third kappa shape index (κ3) is 4.04. The number of thiocarbonyl (C=S) groups is 1. The summed E-state index contributed by atoms with van der Waals surface area (Å²) in [4.78, 5) is 0.182. The Balaban J connectivity index is 2.08. The minimum absolute atomic E-state index is 0.0620. The van der Waals surface area contributed by atoms with Crippen molar-refractivity contribution in [3.63, 3.8) is 0 Å². The van der Waals surface area contributed by atoms with Crippen molar-refractivity contribution in [2.24, 2.45) is 5.73 Å². The lowest BCUT2D eigenvalue weighted by molar-refractivity contribution is 0.506. The molecule has 0 spiro atoms. The van der Waals surface area contributed by atoms with E-state index in [-0.39, 0.29) is 21.5 Å². The van der Waals surface area contributed by atoms with E-state index >= 15 is 0 Å². The quantitative estimate of drug-likeness (QED) is 0.784. The Kier molecular flexibility index (Phi) is 5.00. The summed E-state index contributed by atoms with van der Waals surface area (Å²) in [6.45, 7) is 0.227. The van der Waals surface area contributed by atoms with Crippen LogP contribution in [0.3, 0.4) is 0 Å². The van der Waals surface area contributed by atoms with Gasteiger partial charge in [0.2, 0.25) is 10.0 Å². The third-order valence-electron chi connectivity index (χ3n) is 2.76. The zero-order valence-electron chi connectivity index (χ0n) is 10.9. The largest absolute Gasteiger partial charge is 0.469 e. The van der Waals surface area contributed by atoms with Crippen LogP contribution in [0.25, 0.3) is 0 Å². The predicted molar refractivity (Wildman–Crippen MR) is 84.9 cm³/mol. The van der Waals surface area contributed by atoms with Crippen LogP contribution in [-0.4, -0.2) is 20.0 Å². The van der Waals surface area contributed by atoms with Crippen LogP contribution in [0.5, 0.6) is 0 Å². The smallest absolute Gasteiger partial charge is 0.240 e.